The Bertz CT molecular complexity index is 942. The van der Waals surface area contributed by atoms with Crippen molar-refractivity contribution in [2.45, 2.75) is 13.8 Å². The molecule has 0 fully saturated rings. The number of nitrogens with one attached hydrogen (secondary N) is 1. The molecule has 4 nitrogen and oxygen atoms in total. The first-order valence-electron chi connectivity index (χ1n) is 7.51. The van der Waals surface area contributed by atoms with Crippen LogP contribution in [0.2, 0.25) is 5.02 Å². The molecule has 2 aromatic carbocycles. The molecule has 3 rings (SSSR count). The average Bonchev–Trinajstić information content (AvgIpc) is 2.56. The molecule has 1 heterocycles. The predicted molar refractivity (Wildman–Crippen MR) is 97.3 cm³/mol. The largest absolute Gasteiger partial charge is 1.00 e. The highest BCUT2D eigenvalue weighted by Gasteiger charge is 2.11. The van der Waals surface area contributed by atoms with E-state index >= 15 is 0 Å². The molecule has 130 valence electrons. The molecule has 0 radical (unpaired) electrons. The van der Waals surface area contributed by atoms with Gasteiger partial charge >= 0.3 is 5.97 Å². The van der Waals surface area contributed by atoms with Crippen molar-refractivity contribution in [2.24, 2.45) is 0 Å². The van der Waals surface area contributed by atoms with Crippen molar-refractivity contribution < 1.29 is 21.9 Å². The van der Waals surface area contributed by atoms with Crippen LogP contribution in [0.5, 0.6) is 0 Å². The minimum absolute atomic E-state index is 0. The molecule has 25 heavy (non-hydrogen) atoms. The number of esters is 1. The van der Waals surface area contributed by atoms with Crippen LogP contribution in [0.15, 0.2) is 42.5 Å². The summed E-state index contributed by atoms with van der Waals surface area (Å²) in [6.07, 6.45) is 0. The van der Waals surface area contributed by atoms with E-state index in [9.17, 15) is 4.79 Å². The number of anilines is 2. The first kappa shape index (κ1) is 19.0. The Morgan fingerprint density at radius 3 is 2.52 bits per heavy atom. The van der Waals surface area contributed by atoms with E-state index in [1.54, 1.807) is 12.1 Å². The van der Waals surface area contributed by atoms with E-state index in [1.165, 1.54) is 7.11 Å². The minimum atomic E-state index is -0.369. The van der Waals surface area contributed by atoms with Gasteiger partial charge in [0.15, 0.2) is 0 Å². The van der Waals surface area contributed by atoms with E-state index in [1.807, 2.05) is 44.2 Å². The number of carbonyl (C=O) groups is 1. The zero-order valence-corrected chi connectivity index (χ0v) is 15.6. The van der Waals surface area contributed by atoms with Gasteiger partial charge < -0.3 is 22.5 Å². The smallest absolute Gasteiger partial charge is 0.337 e. The van der Waals surface area contributed by atoms with Crippen molar-refractivity contribution in [3.05, 3.63) is 64.3 Å². The van der Waals surface area contributed by atoms with Gasteiger partial charge in [-0.3, -0.25) is 4.98 Å². The zero-order chi connectivity index (χ0) is 17.3. The Balaban J connectivity index is 0.00000225. The molecular weight excluding hydrogens is 359 g/mol. The van der Waals surface area contributed by atoms with Gasteiger partial charge in [0.1, 0.15) is 0 Å². The number of pyridine rings is 1. The summed E-state index contributed by atoms with van der Waals surface area (Å²) in [7, 11) is 1.37. The molecule has 3 aromatic rings. The fraction of sp³-hybridized carbons (Fsp3) is 0.158. The van der Waals surface area contributed by atoms with Crippen molar-refractivity contribution in [2.75, 3.05) is 12.4 Å². The van der Waals surface area contributed by atoms with Crippen LogP contribution < -0.4 is 17.7 Å². The van der Waals surface area contributed by atoms with Gasteiger partial charge in [-0.25, -0.2) is 4.79 Å². The number of fused-ring (bicyclic) bond motifs is 1. The molecular formula is C19H17Cl2N2O2-. The van der Waals surface area contributed by atoms with Crippen molar-refractivity contribution >= 4 is 39.8 Å². The summed E-state index contributed by atoms with van der Waals surface area (Å²) in [5.41, 5.74) is 5.07. The second kappa shape index (κ2) is 7.72. The van der Waals surface area contributed by atoms with Crippen molar-refractivity contribution in [3.63, 3.8) is 0 Å². The quantitative estimate of drug-likeness (QED) is 0.711. The van der Waals surface area contributed by atoms with Gasteiger partial charge in [0.25, 0.3) is 0 Å². The van der Waals surface area contributed by atoms with Crippen molar-refractivity contribution in [1.82, 2.24) is 4.98 Å². The lowest BCUT2D eigenvalue weighted by atomic mass is 10.1. The number of benzene rings is 2. The average molecular weight is 376 g/mol. The molecule has 0 aliphatic rings. The van der Waals surface area contributed by atoms with Crippen LogP contribution in [-0.2, 0) is 4.74 Å². The zero-order valence-electron chi connectivity index (χ0n) is 14.1. The lowest BCUT2D eigenvalue weighted by Crippen LogP contribution is -3.00. The molecule has 0 aliphatic heterocycles. The minimum Gasteiger partial charge on any atom is -1.00 e. The Kier molecular flexibility index (Phi) is 5.88. The Morgan fingerprint density at radius 1 is 1.08 bits per heavy atom. The maximum atomic E-state index is 11.8. The summed E-state index contributed by atoms with van der Waals surface area (Å²) in [5, 5.41) is 4.97. The number of hydrogen-bond acceptors (Lipinski definition) is 4. The Hall–Kier alpha value is -2.30. The van der Waals surface area contributed by atoms with Gasteiger partial charge in [0, 0.05) is 27.5 Å². The van der Waals surface area contributed by atoms with Crippen LogP contribution in [0.4, 0.5) is 11.4 Å². The highest BCUT2D eigenvalue weighted by atomic mass is 35.5. The van der Waals surface area contributed by atoms with E-state index in [0.717, 1.165) is 33.5 Å². The normalized spacial score (nSPS) is 10.2. The number of aryl methyl sites for hydroxylation is 2. The first-order valence-corrected chi connectivity index (χ1v) is 7.88. The highest BCUT2D eigenvalue weighted by Crippen LogP contribution is 2.30. The second-order valence-corrected chi connectivity index (χ2v) is 6.06. The van der Waals surface area contributed by atoms with Gasteiger partial charge in [-0.1, -0.05) is 11.6 Å². The van der Waals surface area contributed by atoms with Gasteiger partial charge in [-0.15, -0.1) is 0 Å². The van der Waals surface area contributed by atoms with E-state index in [0.29, 0.717) is 10.6 Å². The molecule has 0 saturated heterocycles. The molecule has 1 aromatic heterocycles. The van der Waals surface area contributed by atoms with Crippen molar-refractivity contribution in [3.8, 4) is 0 Å². The molecule has 0 unspecified atom stereocenters. The number of methoxy groups -OCH3 is 1. The standard InChI is InChI=1S/C19H17ClN2O2.ClH/c1-11-8-14(20)5-7-16(11)22-18-9-12(2)21-17-6-4-13(10-15(17)18)19(23)24-3;/h4-10H,1-3H3,(H,21,22);1H/p-1. The Labute approximate surface area is 157 Å². The van der Waals surface area contributed by atoms with Crippen LogP contribution in [0, 0.1) is 13.8 Å². The summed E-state index contributed by atoms with van der Waals surface area (Å²) in [4.78, 5) is 16.3. The Morgan fingerprint density at radius 2 is 1.84 bits per heavy atom. The van der Waals surface area contributed by atoms with E-state index in [4.69, 9.17) is 16.3 Å². The molecule has 0 bridgehead atoms. The number of rotatable bonds is 3. The lowest BCUT2D eigenvalue weighted by Gasteiger charge is -2.14. The summed E-state index contributed by atoms with van der Waals surface area (Å²) >= 11 is 6.02. The van der Waals surface area contributed by atoms with Crippen LogP contribution in [0.1, 0.15) is 21.6 Å². The molecule has 1 N–H and O–H groups in total. The number of nitrogens with zero attached hydrogens (tertiary/aromatic N) is 1. The summed E-state index contributed by atoms with van der Waals surface area (Å²) in [6, 6.07) is 13.0. The van der Waals surface area contributed by atoms with E-state index in [-0.39, 0.29) is 18.4 Å². The van der Waals surface area contributed by atoms with Gasteiger partial charge in [-0.2, -0.15) is 0 Å². The lowest BCUT2D eigenvalue weighted by molar-refractivity contribution is -0.0000195. The predicted octanol–water partition coefficient (Wildman–Crippen LogP) is 2.04. The van der Waals surface area contributed by atoms with Crippen LogP contribution in [-0.4, -0.2) is 18.1 Å². The fourth-order valence-corrected chi connectivity index (χ4v) is 2.85. The SMILES string of the molecule is COC(=O)c1ccc2nc(C)cc(Nc3ccc(Cl)cc3C)c2c1.[Cl-]. The van der Waals surface area contributed by atoms with Crippen LogP contribution >= 0.6 is 11.6 Å². The van der Waals surface area contributed by atoms with Gasteiger partial charge in [-0.05, 0) is 61.9 Å². The topological polar surface area (TPSA) is 51.2 Å². The fourth-order valence-electron chi connectivity index (χ4n) is 2.62. The van der Waals surface area contributed by atoms with Gasteiger partial charge in [0.05, 0.1) is 18.2 Å². The van der Waals surface area contributed by atoms with Crippen molar-refractivity contribution in [1.29, 1.82) is 0 Å². The van der Waals surface area contributed by atoms with E-state index < -0.39 is 0 Å². The summed E-state index contributed by atoms with van der Waals surface area (Å²) < 4.78 is 4.80. The molecule has 0 spiro atoms. The molecule has 0 aliphatic carbocycles. The third-order valence-corrected chi connectivity index (χ3v) is 4.05. The molecule has 0 atom stereocenters. The van der Waals surface area contributed by atoms with E-state index in [2.05, 4.69) is 10.3 Å². The van der Waals surface area contributed by atoms with Crippen LogP contribution in [0.3, 0.4) is 0 Å². The third-order valence-electron chi connectivity index (χ3n) is 3.82. The highest BCUT2D eigenvalue weighted by molar-refractivity contribution is 6.30. The first-order chi connectivity index (χ1) is 11.5. The number of hydrogen-bond donors (Lipinski definition) is 1. The second-order valence-electron chi connectivity index (χ2n) is 5.62. The number of aromatic nitrogens is 1. The van der Waals surface area contributed by atoms with Gasteiger partial charge in [0.2, 0.25) is 0 Å². The summed E-state index contributed by atoms with van der Waals surface area (Å²) in [5.74, 6) is -0.369. The molecule has 0 saturated carbocycles. The number of halogens is 2. The number of ether oxygens (including phenoxy) is 1. The summed E-state index contributed by atoms with van der Waals surface area (Å²) in [6.45, 7) is 3.93. The number of carbonyl (C=O) groups excluding carboxylic acids is 1. The third kappa shape index (κ3) is 4.03. The van der Waals surface area contributed by atoms with Crippen LogP contribution in [0.25, 0.3) is 10.9 Å². The molecule has 6 heteroatoms. The molecule has 0 amide bonds. The monoisotopic (exact) mass is 375 g/mol. The maximum absolute atomic E-state index is 11.8. The maximum Gasteiger partial charge on any atom is 0.337 e.